The second kappa shape index (κ2) is 7.24. The van der Waals surface area contributed by atoms with Gasteiger partial charge < -0.3 is 5.32 Å². The summed E-state index contributed by atoms with van der Waals surface area (Å²) < 4.78 is 28.1. The van der Waals surface area contributed by atoms with Crippen molar-refractivity contribution in [3.8, 4) is 0 Å². The smallest absolute Gasteiger partial charge is 0.262 e. The van der Waals surface area contributed by atoms with Crippen molar-refractivity contribution < 1.29 is 13.2 Å². The average Bonchev–Trinajstić information content (AvgIpc) is 3.01. The summed E-state index contributed by atoms with van der Waals surface area (Å²) in [5.74, 6) is -0.0615. The normalized spacial score (nSPS) is 11.2. The van der Waals surface area contributed by atoms with Crippen LogP contribution in [-0.2, 0) is 10.0 Å². The van der Waals surface area contributed by atoms with Crippen LogP contribution in [0.5, 0.6) is 0 Å². The van der Waals surface area contributed by atoms with E-state index < -0.39 is 15.9 Å². The summed E-state index contributed by atoms with van der Waals surface area (Å²) >= 11 is 0. The van der Waals surface area contributed by atoms with Crippen molar-refractivity contribution in [2.75, 3.05) is 10.0 Å². The van der Waals surface area contributed by atoms with Crippen LogP contribution in [0.25, 0.3) is 0 Å². The number of aromatic amines is 1. The van der Waals surface area contributed by atoms with Gasteiger partial charge in [-0.25, -0.2) is 8.42 Å². The number of amides is 1. The minimum Gasteiger partial charge on any atom is -0.305 e. The third kappa shape index (κ3) is 4.35. The zero-order valence-corrected chi connectivity index (χ0v) is 16.0. The van der Waals surface area contributed by atoms with Gasteiger partial charge in [-0.3, -0.25) is 14.6 Å². The molecule has 0 aliphatic rings. The average molecular weight is 384 g/mol. The Morgan fingerprint density at radius 1 is 1.00 bits per heavy atom. The van der Waals surface area contributed by atoms with E-state index >= 15 is 0 Å². The molecular formula is C19H20N4O3S. The molecule has 1 heterocycles. The topological polar surface area (TPSA) is 104 Å². The van der Waals surface area contributed by atoms with Gasteiger partial charge in [0.25, 0.3) is 15.9 Å². The molecule has 0 radical (unpaired) electrons. The molecule has 0 saturated heterocycles. The van der Waals surface area contributed by atoms with Gasteiger partial charge >= 0.3 is 0 Å². The molecule has 3 aromatic rings. The molecule has 0 aliphatic heterocycles. The Balaban J connectivity index is 1.87. The summed E-state index contributed by atoms with van der Waals surface area (Å²) in [4.78, 5) is 12.5. The van der Waals surface area contributed by atoms with Crippen molar-refractivity contribution in [1.29, 1.82) is 0 Å². The molecule has 0 unspecified atom stereocenters. The fraction of sp³-hybridized carbons (Fsp3) is 0.158. The molecule has 1 amide bonds. The van der Waals surface area contributed by atoms with E-state index in [4.69, 9.17) is 0 Å². The molecule has 2 aromatic carbocycles. The standard InChI is InChI=1S/C19H20N4O3S/c1-12-4-8-16(9-5-12)23-27(25,26)17-11-15(7-6-13(17)2)19(24)20-18-10-14(3)21-22-18/h4-11,23H,1-3H3,(H2,20,21,22,24). The molecule has 140 valence electrons. The molecule has 3 N–H and O–H groups in total. The van der Waals surface area contributed by atoms with Crippen molar-refractivity contribution in [2.45, 2.75) is 25.7 Å². The third-order valence-electron chi connectivity index (χ3n) is 3.99. The number of H-pyrrole nitrogens is 1. The van der Waals surface area contributed by atoms with E-state index in [-0.39, 0.29) is 10.5 Å². The van der Waals surface area contributed by atoms with Crippen LogP contribution in [0.1, 0.15) is 27.2 Å². The van der Waals surface area contributed by atoms with E-state index in [1.807, 2.05) is 26.0 Å². The molecule has 3 rings (SSSR count). The molecule has 0 atom stereocenters. The van der Waals surface area contributed by atoms with Gasteiger partial charge in [-0.15, -0.1) is 0 Å². The van der Waals surface area contributed by atoms with E-state index in [1.54, 1.807) is 37.3 Å². The lowest BCUT2D eigenvalue weighted by Gasteiger charge is -2.12. The number of aryl methyl sites for hydroxylation is 3. The molecule has 7 nitrogen and oxygen atoms in total. The highest BCUT2D eigenvalue weighted by Crippen LogP contribution is 2.21. The molecule has 0 spiro atoms. The number of sulfonamides is 1. The van der Waals surface area contributed by atoms with E-state index in [1.165, 1.54) is 6.07 Å². The number of hydrogen-bond acceptors (Lipinski definition) is 4. The third-order valence-corrected chi connectivity index (χ3v) is 5.51. The number of nitrogens with one attached hydrogen (secondary N) is 3. The first-order chi connectivity index (χ1) is 12.7. The Hall–Kier alpha value is -3.13. The van der Waals surface area contributed by atoms with Gasteiger partial charge in [0.15, 0.2) is 5.82 Å². The Kier molecular flexibility index (Phi) is 5.00. The minimum atomic E-state index is -3.83. The highest BCUT2D eigenvalue weighted by atomic mass is 32.2. The van der Waals surface area contributed by atoms with Gasteiger partial charge in [0.05, 0.1) is 4.90 Å². The van der Waals surface area contributed by atoms with Crippen LogP contribution in [0, 0.1) is 20.8 Å². The van der Waals surface area contributed by atoms with Gasteiger partial charge in [-0.1, -0.05) is 23.8 Å². The van der Waals surface area contributed by atoms with E-state index in [0.717, 1.165) is 11.3 Å². The molecule has 0 saturated carbocycles. The van der Waals surface area contributed by atoms with Crippen LogP contribution >= 0.6 is 0 Å². The lowest BCUT2D eigenvalue weighted by Crippen LogP contribution is -2.17. The quantitative estimate of drug-likeness (QED) is 0.627. The molecule has 27 heavy (non-hydrogen) atoms. The summed E-state index contributed by atoms with van der Waals surface area (Å²) in [7, 11) is -3.83. The second-order valence-electron chi connectivity index (χ2n) is 6.34. The maximum atomic E-state index is 12.8. The zero-order chi connectivity index (χ0) is 19.6. The Bertz CT molecular complexity index is 1090. The molecule has 0 aliphatic carbocycles. The van der Waals surface area contributed by atoms with Crippen LogP contribution in [0.3, 0.4) is 0 Å². The van der Waals surface area contributed by atoms with Crippen molar-refractivity contribution in [3.05, 3.63) is 70.9 Å². The van der Waals surface area contributed by atoms with Crippen molar-refractivity contribution in [2.24, 2.45) is 0 Å². The van der Waals surface area contributed by atoms with Gasteiger partial charge in [-0.2, -0.15) is 5.10 Å². The fourth-order valence-corrected chi connectivity index (χ4v) is 3.86. The van der Waals surface area contributed by atoms with E-state index in [2.05, 4.69) is 20.2 Å². The predicted molar refractivity (Wildman–Crippen MR) is 104 cm³/mol. The van der Waals surface area contributed by atoms with Crippen LogP contribution in [0.15, 0.2) is 53.4 Å². The van der Waals surface area contributed by atoms with E-state index in [0.29, 0.717) is 17.1 Å². The van der Waals surface area contributed by atoms with E-state index in [9.17, 15) is 13.2 Å². The monoisotopic (exact) mass is 384 g/mol. The molecule has 0 bridgehead atoms. The summed E-state index contributed by atoms with van der Waals surface area (Å²) in [6.45, 7) is 5.42. The summed E-state index contributed by atoms with van der Waals surface area (Å²) in [6.07, 6.45) is 0. The molecular weight excluding hydrogens is 364 g/mol. The maximum absolute atomic E-state index is 12.8. The van der Waals surface area contributed by atoms with Crippen molar-refractivity contribution in [1.82, 2.24) is 10.2 Å². The lowest BCUT2D eigenvalue weighted by molar-refractivity contribution is 0.102. The van der Waals surface area contributed by atoms with Crippen LogP contribution < -0.4 is 10.0 Å². The highest BCUT2D eigenvalue weighted by molar-refractivity contribution is 7.92. The fourth-order valence-electron chi connectivity index (χ4n) is 2.53. The molecule has 0 fully saturated rings. The first kappa shape index (κ1) is 18.7. The number of benzene rings is 2. The first-order valence-electron chi connectivity index (χ1n) is 8.28. The molecule has 8 heteroatoms. The Morgan fingerprint density at radius 3 is 2.33 bits per heavy atom. The second-order valence-corrected chi connectivity index (χ2v) is 7.99. The summed E-state index contributed by atoms with van der Waals surface area (Å²) in [5.41, 5.74) is 3.07. The number of anilines is 2. The van der Waals surface area contributed by atoms with Crippen LogP contribution in [-0.4, -0.2) is 24.5 Å². The number of hydrogen-bond donors (Lipinski definition) is 3. The Labute approximate surface area is 157 Å². The lowest BCUT2D eigenvalue weighted by atomic mass is 10.1. The number of rotatable bonds is 5. The van der Waals surface area contributed by atoms with Crippen LogP contribution in [0.4, 0.5) is 11.5 Å². The van der Waals surface area contributed by atoms with Gasteiger partial charge in [0.1, 0.15) is 0 Å². The van der Waals surface area contributed by atoms with Gasteiger partial charge in [-0.05, 0) is 50.6 Å². The predicted octanol–water partition coefficient (Wildman–Crippen LogP) is 3.39. The van der Waals surface area contributed by atoms with Crippen molar-refractivity contribution >= 4 is 27.4 Å². The number of nitrogens with zero attached hydrogens (tertiary/aromatic N) is 1. The number of aromatic nitrogens is 2. The van der Waals surface area contributed by atoms with Gasteiger partial charge in [0.2, 0.25) is 0 Å². The SMILES string of the molecule is Cc1ccc(NS(=O)(=O)c2cc(C(=O)Nc3cc(C)[nH]n3)ccc2C)cc1. The Morgan fingerprint density at radius 2 is 1.70 bits per heavy atom. The van der Waals surface area contributed by atoms with Crippen LogP contribution in [0.2, 0.25) is 0 Å². The van der Waals surface area contributed by atoms with Crippen molar-refractivity contribution in [3.63, 3.8) is 0 Å². The highest BCUT2D eigenvalue weighted by Gasteiger charge is 2.19. The zero-order valence-electron chi connectivity index (χ0n) is 15.2. The largest absolute Gasteiger partial charge is 0.305 e. The maximum Gasteiger partial charge on any atom is 0.262 e. The molecule has 1 aromatic heterocycles. The van der Waals surface area contributed by atoms with Gasteiger partial charge in [0, 0.05) is 23.0 Å². The summed E-state index contributed by atoms with van der Waals surface area (Å²) in [6, 6.07) is 13.3. The number of carbonyl (C=O) groups is 1. The minimum absolute atomic E-state index is 0.0499. The number of carbonyl (C=O) groups excluding carboxylic acids is 1. The first-order valence-corrected chi connectivity index (χ1v) is 9.76. The summed E-state index contributed by atoms with van der Waals surface area (Å²) in [5, 5.41) is 9.31.